The van der Waals surface area contributed by atoms with Crippen molar-refractivity contribution in [1.29, 1.82) is 0 Å². The van der Waals surface area contributed by atoms with Crippen LogP contribution in [0.1, 0.15) is 5.69 Å². The van der Waals surface area contributed by atoms with Crippen molar-refractivity contribution in [3.8, 4) is 5.69 Å². The highest BCUT2D eigenvalue weighted by Gasteiger charge is 2.21. The van der Waals surface area contributed by atoms with Crippen LogP contribution in [0.5, 0.6) is 0 Å². The lowest BCUT2D eigenvalue weighted by Gasteiger charge is -2.05. The Morgan fingerprint density at radius 2 is 1.57 bits per heavy atom. The van der Waals surface area contributed by atoms with E-state index in [2.05, 4.69) is 43.2 Å². The van der Waals surface area contributed by atoms with E-state index >= 15 is 0 Å². The minimum atomic E-state index is 0.709. The number of pyridine rings is 2. The predicted molar refractivity (Wildman–Crippen MR) is 117 cm³/mol. The summed E-state index contributed by atoms with van der Waals surface area (Å²) in [6.07, 6.45) is 1.81. The zero-order valence-corrected chi connectivity index (χ0v) is 16.1. The van der Waals surface area contributed by atoms with Crippen molar-refractivity contribution in [2.24, 2.45) is 0 Å². The van der Waals surface area contributed by atoms with Gasteiger partial charge in [0.2, 0.25) is 5.78 Å². The molecule has 7 rings (SSSR count). The Hall–Kier alpha value is -4.19. The molecule has 6 heteroatoms. The first-order valence-electron chi connectivity index (χ1n) is 9.81. The van der Waals surface area contributed by atoms with Gasteiger partial charge in [0.05, 0.1) is 27.8 Å². The third kappa shape index (κ3) is 1.90. The molecule has 2 aromatic carbocycles. The molecule has 0 atom stereocenters. The van der Waals surface area contributed by atoms with Gasteiger partial charge in [0.15, 0.2) is 11.2 Å². The number of furan rings is 1. The van der Waals surface area contributed by atoms with Gasteiger partial charge < -0.3 is 4.42 Å². The van der Waals surface area contributed by atoms with Crippen LogP contribution in [0, 0.1) is 6.92 Å². The zero-order chi connectivity index (χ0) is 19.8. The van der Waals surface area contributed by atoms with Crippen molar-refractivity contribution in [2.45, 2.75) is 6.92 Å². The molecule has 0 spiro atoms. The van der Waals surface area contributed by atoms with Crippen molar-refractivity contribution >= 4 is 50.0 Å². The summed E-state index contributed by atoms with van der Waals surface area (Å²) in [5.74, 6) is 0.842. The summed E-state index contributed by atoms with van der Waals surface area (Å²) >= 11 is 0. The molecule has 0 amide bonds. The molecule has 0 aliphatic rings. The molecule has 142 valence electrons. The summed E-state index contributed by atoms with van der Waals surface area (Å²) in [5, 5.41) is 0. The van der Waals surface area contributed by atoms with E-state index in [4.69, 9.17) is 9.40 Å². The van der Waals surface area contributed by atoms with Crippen LogP contribution in [-0.4, -0.2) is 23.9 Å². The summed E-state index contributed by atoms with van der Waals surface area (Å²) in [6, 6.07) is 22.4. The van der Waals surface area contributed by atoms with Crippen molar-refractivity contribution in [3.63, 3.8) is 0 Å². The molecular weight excluding hydrogens is 374 g/mol. The average molecular weight is 389 g/mol. The molecule has 5 heterocycles. The van der Waals surface area contributed by atoms with Crippen LogP contribution in [0.3, 0.4) is 0 Å². The fraction of sp³-hybridized carbons (Fsp3) is 0.0417. The fourth-order valence-electron chi connectivity index (χ4n) is 4.38. The maximum Gasteiger partial charge on any atom is 0.220 e. The average Bonchev–Trinajstić information content (AvgIpc) is 3.42. The second-order valence-corrected chi connectivity index (χ2v) is 7.47. The molecule has 0 aliphatic carbocycles. The van der Waals surface area contributed by atoms with Gasteiger partial charge in [-0.05, 0) is 49.4 Å². The molecule has 0 saturated carbocycles. The Morgan fingerprint density at radius 1 is 0.767 bits per heavy atom. The number of benzene rings is 2. The molecule has 30 heavy (non-hydrogen) atoms. The van der Waals surface area contributed by atoms with Gasteiger partial charge in [-0.25, -0.2) is 9.97 Å². The number of aryl methyl sites for hydroxylation is 1. The lowest BCUT2D eigenvalue weighted by atomic mass is 10.2. The van der Waals surface area contributed by atoms with Gasteiger partial charge in [-0.3, -0.25) is 14.0 Å². The van der Waals surface area contributed by atoms with Crippen LogP contribution < -0.4 is 0 Å². The number of aromatic nitrogens is 5. The molecule has 0 fully saturated rings. The summed E-state index contributed by atoms with van der Waals surface area (Å²) in [6.45, 7) is 1.97. The maximum absolute atomic E-state index is 6.25. The quantitative estimate of drug-likeness (QED) is 0.376. The van der Waals surface area contributed by atoms with E-state index in [1.165, 1.54) is 0 Å². The second kappa shape index (κ2) is 5.45. The smallest absolute Gasteiger partial charge is 0.220 e. The molecule has 0 bridgehead atoms. The van der Waals surface area contributed by atoms with Gasteiger partial charge in [0, 0.05) is 11.9 Å². The third-order valence-corrected chi connectivity index (χ3v) is 5.67. The van der Waals surface area contributed by atoms with Crippen LogP contribution in [0.15, 0.2) is 77.3 Å². The van der Waals surface area contributed by atoms with Crippen LogP contribution in [0.2, 0.25) is 0 Å². The predicted octanol–water partition coefficient (Wildman–Crippen LogP) is 5.43. The number of fused-ring (bicyclic) bond motifs is 8. The Bertz CT molecular complexity index is 1770. The Labute approximate surface area is 170 Å². The number of hydrogen-bond acceptors (Lipinski definition) is 4. The van der Waals surface area contributed by atoms with Crippen molar-refractivity contribution in [3.05, 3.63) is 78.6 Å². The highest BCUT2D eigenvalue weighted by atomic mass is 16.3. The van der Waals surface area contributed by atoms with Crippen LogP contribution >= 0.6 is 0 Å². The highest BCUT2D eigenvalue weighted by molar-refractivity contribution is 6.04. The van der Waals surface area contributed by atoms with Crippen molar-refractivity contribution < 1.29 is 4.42 Å². The molecule has 0 N–H and O–H groups in total. The molecule has 0 aliphatic heterocycles. The number of hydrogen-bond donors (Lipinski definition) is 0. The summed E-state index contributed by atoms with van der Waals surface area (Å²) in [4.78, 5) is 14.2. The number of para-hydroxylation sites is 4. The maximum atomic E-state index is 6.25. The van der Waals surface area contributed by atoms with Crippen LogP contribution in [0.25, 0.3) is 55.7 Å². The van der Waals surface area contributed by atoms with E-state index < -0.39 is 0 Å². The third-order valence-electron chi connectivity index (χ3n) is 5.67. The van der Waals surface area contributed by atoms with Gasteiger partial charge in [-0.15, -0.1) is 0 Å². The minimum Gasteiger partial charge on any atom is -0.450 e. The first-order chi connectivity index (χ1) is 14.8. The molecule has 6 nitrogen and oxygen atoms in total. The monoisotopic (exact) mass is 389 g/mol. The SMILES string of the molecule is Cc1ccc2oc3c(-n4c5ccccc5n5c6ccccc6nc45)ccnc3c2n1. The Kier molecular flexibility index (Phi) is 2.85. The largest absolute Gasteiger partial charge is 0.450 e. The zero-order valence-electron chi connectivity index (χ0n) is 16.1. The minimum absolute atomic E-state index is 0.709. The normalized spacial score (nSPS) is 12.2. The topological polar surface area (TPSA) is 61.2 Å². The molecular formula is C24H15N5O. The first-order valence-corrected chi connectivity index (χ1v) is 9.81. The lowest BCUT2D eigenvalue weighted by molar-refractivity contribution is 0.664. The molecule has 5 aromatic heterocycles. The summed E-state index contributed by atoms with van der Waals surface area (Å²) in [5.41, 5.74) is 9.01. The van der Waals surface area contributed by atoms with Gasteiger partial charge in [0.1, 0.15) is 11.0 Å². The van der Waals surface area contributed by atoms with Crippen LogP contribution in [0.4, 0.5) is 0 Å². The van der Waals surface area contributed by atoms with E-state index in [0.29, 0.717) is 5.58 Å². The van der Waals surface area contributed by atoms with E-state index in [0.717, 1.165) is 55.8 Å². The van der Waals surface area contributed by atoms with Gasteiger partial charge in [-0.2, -0.15) is 0 Å². The van der Waals surface area contributed by atoms with E-state index in [-0.39, 0.29) is 0 Å². The number of nitrogens with zero attached hydrogens (tertiary/aromatic N) is 5. The first kappa shape index (κ1) is 15.7. The van der Waals surface area contributed by atoms with Crippen LogP contribution in [-0.2, 0) is 0 Å². The van der Waals surface area contributed by atoms with E-state index in [1.54, 1.807) is 0 Å². The van der Waals surface area contributed by atoms with Gasteiger partial charge >= 0.3 is 0 Å². The van der Waals surface area contributed by atoms with E-state index in [9.17, 15) is 0 Å². The lowest BCUT2D eigenvalue weighted by Crippen LogP contribution is -1.96. The standard InChI is InChI=1S/C24H15N5O/c1-14-10-11-20-21(26-14)22-23(30-20)19(12-13-25-22)29-18-9-5-4-8-17(18)28-16-7-3-2-6-15(16)27-24(28)29/h2-13H,1H3. The molecule has 0 saturated heterocycles. The van der Waals surface area contributed by atoms with Crippen molar-refractivity contribution in [1.82, 2.24) is 23.9 Å². The fourth-order valence-corrected chi connectivity index (χ4v) is 4.38. The molecule has 0 unspecified atom stereocenters. The van der Waals surface area contributed by atoms with Gasteiger partial charge in [0.25, 0.3) is 0 Å². The number of imidazole rings is 2. The van der Waals surface area contributed by atoms with E-state index in [1.807, 2.05) is 55.6 Å². The Morgan fingerprint density at radius 3 is 2.47 bits per heavy atom. The van der Waals surface area contributed by atoms with Crippen molar-refractivity contribution in [2.75, 3.05) is 0 Å². The molecule has 0 radical (unpaired) electrons. The second-order valence-electron chi connectivity index (χ2n) is 7.47. The summed E-state index contributed by atoms with van der Waals surface area (Å²) in [7, 11) is 0. The highest BCUT2D eigenvalue weighted by Crippen LogP contribution is 2.34. The molecule has 7 aromatic rings. The number of rotatable bonds is 1. The van der Waals surface area contributed by atoms with Gasteiger partial charge in [-0.1, -0.05) is 24.3 Å². The summed E-state index contributed by atoms with van der Waals surface area (Å²) < 4.78 is 10.6. The Balaban J connectivity index is 1.70.